The van der Waals surface area contributed by atoms with E-state index >= 15 is 8.78 Å². The molecule has 4 unspecified atom stereocenters. The zero-order chi connectivity index (χ0) is 28.5. The van der Waals surface area contributed by atoms with Crippen molar-refractivity contribution in [3.63, 3.8) is 0 Å². The average Bonchev–Trinajstić information content (AvgIpc) is 3.20. The minimum Gasteiger partial charge on any atom is -0.383 e. The molecule has 3 fully saturated rings. The second-order valence-electron chi connectivity index (χ2n) is 13.1. The summed E-state index contributed by atoms with van der Waals surface area (Å²) in [7, 11) is 0. The molecule has 1 aliphatic heterocycles. The maximum atomic E-state index is 15.1. The zero-order valence-corrected chi connectivity index (χ0v) is 23.0. The number of hydrogen-bond acceptors (Lipinski definition) is 4. The van der Waals surface area contributed by atoms with Crippen LogP contribution in [0.2, 0.25) is 0 Å². The van der Waals surface area contributed by atoms with Gasteiger partial charge in [-0.2, -0.15) is 22.0 Å². The van der Waals surface area contributed by atoms with Gasteiger partial charge in [-0.3, -0.25) is 9.69 Å². The van der Waals surface area contributed by atoms with Crippen molar-refractivity contribution in [3.05, 3.63) is 46.6 Å². The van der Waals surface area contributed by atoms with Crippen LogP contribution in [0.4, 0.5) is 22.0 Å². The van der Waals surface area contributed by atoms with Crippen LogP contribution in [-0.4, -0.2) is 66.2 Å². The third-order valence-corrected chi connectivity index (χ3v) is 11.1. The predicted molar refractivity (Wildman–Crippen MR) is 142 cm³/mol. The van der Waals surface area contributed by atoms with E-state index in [9.17, 15) is 23.1 Å². The number of nitrogens with one attached hydrogen (secondary N) is 1. The van der Waals surface area contributed by atoms with Gasteiger partial charge in [0.1, 0.15) is 5.60 Å². The number of carbonyl (C=O) groups excluding carboxylic acids is 1. The van der Waals surface area contributed by atoms with Crippen LogP contribution in [0, 0.1) is 29.1 Å². The first-order chi connectivity index (χ1) is 18.9. The fraction of sp³-hybridized carbons (Fsp3) is 0.710. The molecule has 0 aromatic heterocycles. The molecule has 0 amide bonds. The molecule has 2 N–H and O–H groups in total. The van der Waals surface area contributed by atoms with Crippen LogP contribution in [0.5, 0.6) is 0 Å². The monoisotopic (exact) mass is 566 g/mol. The molecule has 5 aliphatic carbocycles. The molecule has 9 heteroatoms. The van der Waals surface area contributed by atoms with Crippen molar-refractivity contribution in [2.24, 2.45) is 29.1 Å². The van der Waals surface area contributed by atoms with Gasteiger partial charge in [-0.05, 0) is 91.4 Å². The number of halogens is 5. The molecule has 0 aromatic carbocycles. The van der Waals surface area contributed by atoms with E-state index in [2.05, 4.69) is 28.4 Å². The van der Waals surface area contributed by atoms with Crippen molar-refractivity contribution < 1.29 is 31.9 Å². The summed E-state index contributed by atoms with van der Waals surface area (Å²) in [6.45, 7) is 6.15. The normalized spacial score (nSPS) is 38.9. The largest absolute Gasteiger partial charge is 0.456 e. The van der Waals surface area contributed by atoms with E-state index in [1.54, 1.807) is 6.08 Å². The fourth-order valence-electron chi connectivity index (χ4n) is 9.09. The van der Waals surface area contributed by atoms with E-state index in [0.717, 1.165) is 43.9 Å². The Morgan fingerprint density at radius 1 is 1.07 bits per heavy atom. The van der Waals surface area contributed by atoms with E-state index in [0.29, 0.717) is 32.1 Å². The number of ketones is 1. The number of carbonyl (C=O) groups is 1. The third kappa shape index (κ3) is 4.28. The first kappa shape index (κ1) is 28.3. The Morgan fingerprint density at radius 3 is 2.50 bits per heavy atom. The summed E-state index contributed by atoms with van der Waals surface area (Å²) in [6.07, 6.45) is 4.86. The van der Waals surface area contributed by atoms with Crippen LogP contribution in [0.3, 0.4) is 0 Å². The summed E-state index contributed by atoms with van der Waals surface area (Å²) in [5.74, 6) is -6.06. The number of aliphatic hydroxyl groups is 1. The summed E-state index contributed by atoms with van der Waals surface area (Å²) >= 11 is 0. The van der Waals surface area contributed by atoms with Crippen molar-refractivity contribution in [3.8, 4) is 0 Å². The molecule has 6 rings (SSSR count). The Morgan fingerprint density at radius 2 is 1.82 bits per heavy atom. The van der Waals surface area contributed by atoms with Gasteiger partial charge in [-0.25, -0.2) is 0 Å². The minimum absolute atomic E-state index is 0.0594. The van der Waals surface area contributed by atoms with Crippen LogP contribution in [0.1, 0.15) is 58.3 Å². The van der Waals surface area contributed by atoms with Crippen molar-refractivity contribution in [2.75, 3.05) is 32.7 Å². The molecule has 0 spiro atoms. The molecular weight excluding hydrogens is 527 g/mol. The molecule has 1 heterocycles. The lowest BCUT2D eigenvalue weighted by Crippen LogP contribution is -2.65. The van der Waals surface area contributed by atoms with Crippen molar-refractivity contribution >= 4 is 5.78 Å². The minimum atomic E-state index is -5.83. The Labute approximate surface area is 232 Å². The summed E-state index contributed by atoms with van der Waals surface area (Å²) in [5, 5.41) is 14.8. The number of allylic oxidation sites excluding steroid dienone is 6. The van der Waals surface area contributed by atoms with Crippen molar-refractivity contribution in [1.82, 2.24) is 10.2 Å². The standard InChI is InChI=1S/C31H39F5N2O2/c1-28-17-25(20-4-2-19(3-5-20)18-38-14-12-37-13-15-38)27-23-9-7-22(39)16-21(23)6-8-24(27)26(28)10-11-29(28,40)30(32,33)31(34,35)36/h2-4,16,20,24-26,37,40H,5-15,17-18H2,1H3/t20?,24?,25-,26?,28?,29+/m1/s1. The van der Waals surface area contributed by atoms with Crippen LogP contribution in [0.25, 0.3) is 0 Å². The van der Waals surface area contributed by atoms with Gasteiger partial charge in [0.25, 0.3) is 0 Å². The van der Waals surface area contributed by atoms with Gasteiger partial charge < -0.3 is 10.4 Å². The lowest BCUT2D eigenvalue weighted by atomic mass is 9.49. The quantitative estimate of drug-likeness (QED) is 0.426. The highest BCUT2D eigenvalue weighted by Gasteiger charge is 2.79. The van der Waals surface area contributed by atoms with Crippen molar-refractivity contribution in [1.29, 1.82) is 0 Å². The molecule has 2 saturated carbocycles. The Balaban J connectivity index is 1.37. The van der Waals surface area contributed by atoms with E-state index in [4.69, 9.17) is 0 Å². The average molecular weight is 567 g/mol. The van der Waals surface area contributed by atoms with Gasteiger partial charge in [0.15, 0.2) is 5.78 Å². The van der Waals surface area contributed by atoms with Gasteiger partial charge in [0.2, 0.25) is 0 Å². The van der Waals surface area contributed by atoms with Gasteiger partial charge in [-0.1, -0.05) is 30.7 Å². The Bertz CT molecular complexity index is 1180. The summed E-state index contributed by atoms with van der Waals surface area (Å²) in [6, 6.07) is 0. The van der Waals surface area contributed by atoms with E-state index < -0.39 is 35.5 Å². The van der Waals surface area contributed by atoms with Gasteiger partial charge >= 0.3 is 12.1 Å². The molecular formula is C31H39F5N2O2. The topological polar surface area (TPSA) is 52.6 Å². The number of piperazine rings is 1. The lowest BCUT2D eigenvalue weighted by Gasteiger charge is -2.57. The molecule has 0 bridgehead atoms. The van der Waals surface area contributed by atoms with Gasteiger partial charge in [0.05, 0.1) is 0 Å². The molecule has 40 heavy (non-hydrogen) atoms. The van der Waals surface area contributed by atoms with Crippen LogP contribution < -0.4 is 5.32 Å². The highest BCUT2D eigenvalue weighted by molar-refractivity contribution is 5.93. The highest BCUT2D eigenvalue weighted by Crippen LogP contribution is 2.70. The van der Waals surface area contributed by atoms with Crippen LogP contribution >= 0.6 is 0 Å². The van der Waals surface area contributed by atoms with Crippen molar-refractivity contribution in [2.45, 2.75) is 76.0 Å². The van der Waals surface area contributed by atoms with E-state index in [1.807, 2.05) is 0 Å². The number of alkyl halides is 5. The molecule has 6 atom stereocenters. The number of hydrogen-bond donors (Lipinski definition) is 2. The van der Waals surface area contributed by atoms with Gasteiger partial charge in [-0.15, -0.1) is 0 Å². The molecule has 0 aromatic rings. The summed E-state index contributed by atoms with van der Waals surface area (Å²) < 4.78 is 71.6. The fourth-order valence-corrected chi connectivity index (χ4v) is 9.09. The zero-order valence-electron chi connectivity index (χ0n) is 23.0. The number of nitrogens with zero attached hydrogens (tertiary/aromatic N) is 1. The molecule has 1 saturated heterocycles. The molecule has 220 valence electrons. The third-order valence-electron chi connectivity index (χ3n) is 11.1. The van der Waals surface area contributed by atoms with Crippen LogP contribution in [0.15, 0.2) is 46.6 Å². The smallest absolute Gasteiger partial charge is 0.383 e. The molecule has 4 nitrogen and oxygen atoms in total. The molecule has 6 aliphatic rings. The Kier molecular flexibility index (Phi) is 6.98. The summed E-state index contributed by atoms with van der Waals surface area (Å²) in [4.78, 5) is 14.6. The predicted octanol–water partition coefficient (Wildman–Crippen LogP) is 5.75. The number of rotatable bonds is 4. The maximum Gasteiger partial charge on any atom is 0.456 e. The lowest BCUT2D eigenvalue weighted by molar-refractivity contribution is -0.363. The second kappa shape index (κ2) is 9.87. The highest BCUT2D eigenvalue weighted by atomic mass is 19.4. The first-order valence-electron chi connectivity index (χ1n) is 14.8. The summed E-state index contributed by atoms with van der Waals surface area (Å²) in [5.41, 5.74) is -0.237. The Hall–Kier alpha value is -1.84. The SMILES string of the molecule is CC12C[C@H](C3C=CC(CN4CCNCC4)=CC3)C3=C4CCC(=O)C=C4CCC3C1CC[C@@]2(O)C(F)(F)C(F)(F)F. The number of fused-ring (bicyclic) bond motifs is 4. The maximum absolute atomic E-state index is 15.1. The van der Waals surface area contributed by atoms with Gasteiger partial charge in [0, 0.05) is 44.6 Å². The first-order valence-corrected chi connectivity index (χ1v) is 14.8. The van der Waals surface area contributed by atoms with Crippen LogP contribution in [-0.2, 0) is 4.79 Å². The second-order valence-corrected chi connectivity index (χ2v) is 13.1. The van der Waals surface area contributed by atoms with E-state index in [1.165, 1.54) is 18.1 Å². The molecule has 0 radical (unpaired) electrons. The van der Waals surface area contributed by atoms with E-state index in [-0.39, 0.29) is 36.4 Å².